The van der Waals surface area contributed by atoms with Crippen molar-refractivity contribution < 1.29 is 0 Å². The predicted octanol–water partition coefficient (Wildman–Crippen LogP) is 2.39. The Morgan fingerprint density at radius 1 is 1.55 bits per heavy atom. The van der Waals surface area contributed by atoms with Gasteiger partial charge in [0, 0.05) is 6.20 Å². The standard InChI is InChI=1S/C6H8N2.CH2Cl2/c1-5-6(7)3-2-4-8-5;2-1-3/h2-4H,7H2,1H3;1H2. The molecule has 0 spiro atoms. The van der Waals surface area contributed by atoms with Crippen LogP contribution in [-0.4, -0.2) is 10.3 Å². The first-order valence-corrected chi connectivity index (χ1v) is 4.08. The summed E-state index contributed by atoms with van der Waals surface area (Å²) in [6.07, 6.45) is 1.73. The molecule has 1 aromatic heterocycles. The number of nitrogens with zero attached hydrogens (tertiary/aromatic N) is 1. The van der Waals surface area contributed by atoms with Crippen LogP contribution in [0, 0.1) is 6.92 Å². The molecule has 11 heavy (non-hydrogen) atoms. The molecule has 0 aliphatic rings. The molecule has 1 heterocycles. The summed E-state index contributed by atoms with van der Waals surface area (Å²) in [5.74, 6) is 0. The van der Waals surface area contributed by atoms with Crippen LogP contribution < -0.4 is 5.73 Å². The average molecular weight is 193 g/mol. The largest absolute Gasteiger partial charge is 0.397 e. The topological polar surface area (TPSA) is 38.9 Å². The first-order chi connectivity index (χ1) is 5.22. The summed E-state index contributed by atoms with van der Waals surface area (Å²) >= 11 is 9.53. The Hall–Kier alpha value is -0.470. The van der Waals surface area contributed by atoms with Crippen LogP contribution in [0.2, 0.25) is 0 Å². The lowest BCUT2D eigenvalue weighted by molar-refractivity contribution is 1.21. The second kappa shape index (κ2) is 6.25. The summed E-state index contributed by atoms with van der Waals surface area (Å²) in [6, 6.07) is 3.66. The molecule has 62 valence electrons. The van der Waals surface area contributed by atoms with Gasteiger partial charge in [0.15, 0.2) is 0 Å². The van der Waals surface area contributed by atoms with Crippen LogP contribution in [-0.2, 0) is 0 Å². The van der Waals surface area contributed by atoms with Gasteiger partial charge in [-0.2, -0.15) is 0 Å². The molecule has 2 N–H and O–H groups in total. The van der Waals surface area contributed by atoms with Gasteiger partial charge < -0.3 is 5.73 Å². The van der Waals surface area contributed by atoms with Crippen molar-refractivity contribution in [3.8, 4) is 0 Å². The van der Waals surface area contributed by atoms with Crippen molar-refractivity contribution in [3.63, 3.8) is 0 Å². The van der Waals surface area contributed by atoms with Crippen molar-refractivity contribution in [1.29, 1.82) is 0 Å². The van der Waals surface area contributed by atoms with Crippen LogP contribution in [0.15, 0.2) is 18.3 Å². The van der Waals surface area contributed by atoms with E-state index >= 15 is 0 Å². The van der Waals surface area contributed by atoms with E-state index in [0.29, 0.717) is 0 Å². The van der Waals surface area contributed by atoms with Gasteiger partial charge in [-0.25, -0.2) is 0 Å². The molecule has 0 unspecified atom stereocenters. The fraction of sp³-hybridized carbons (Fsp3) is 0.286. The Morgan fingerprint density at radius 3 is 2.36 bits per heavy atom. The lowest BCUT2D eigenvalue weighted by atomic mass is 10.3. The number of hydrogen-bond donors (Lipinski definition) is 1. The van der Waals surface area contributed by atoms with Gasteiger partial charge in [-0.15, -0.1) is 23.2 Å². The average Bonchev–Trinajstić information content (AvgIpc) is 1.97. The number of alkyl halides is 2. The number of halogens is 2. The fourth-order valence-corrected chi connectivity index (χ4v) is 0.497. The number of nitrogens with two attached hydrogens (primary N) is 1. The third-order valence-electron chi connectivity index (χ3n) is 1.05. The molecule has 2 nitrogen and oxygen atoms in total. The highest BCUT2D eigenvalue weighted by atomic mass is 35.5. The van der Waals surface area contributed by atoms with Crippen molar-refractivity contribution >= 4 is 28.9 Å². The summed E-state index contributed by atoms with van der Waals surface area (Å²) in [5.41, 5.74) is 7.11. The normalized spacial score (nSPS) is 8.27. The van der Waals surface area contributed by atoms with E-state index in [1.807, 2.05) is 19.1 Å². The molecule has 0 aliphatic heterocycles. The van der Waals surface area contributed by atoms with Gasteiger partial charge in [0.1, 0.15) is 0 Å². The number of nitrogen functional groups attached to an aromatic ring is 1. The number of aryl methyl sites for hydroxylation is 1. The molecule has 0 radical (unpaired) electrons. The molecule has 0 amide bonds. The van der Waals surface area contributed by atoms with Crippen LogP contribution in [0.1, 0.15) is 5.69 Å². The van der Waals surface area contributed by atoms with Crippen molar-refractivity contribution in [2.24, 2.45) is 0 Å². The zero-order valence-electron chi connectivity index (χ0n) is 6.22. The highest BCUT2D eigenvalue weighted by molar-refractivity contribution is 6.40. The van der Waals surface area contributed by atoms with E-state index in [1.165, 1.54) is 0 Å². The molecule has 1 aromatic rings. The maximum Gasteiger partial charge on any atom is 0.0967 e. The minimum atomic E-state index is 0.194. The van der Waals surface area contributed by atoms with Crippen LogP contribution in [0.25, 0.3) is 0 Å². The summed E-state index contributed by atoms with van der Waals surface area (Å²) in [5, 5.41) is 0.194. The van der Waals surface area contributed by atoms with Crippen molar-refractivity contribution in [2.45, 2.75) is 6.92 Å². The summed E-state index contributed by atoms with van der Waals surface area (Å²) in [6.45, 7) is 1.88. The molecule has 0 fully saturated rings. The first-order valence-electron chi connectivity index (χ1n) is 3.01. The quantitative estimate of drug-likeness (QED) is 0.642. The number of hydrogen-bond acceptors (Lipinski definition) is 2. The van der Waals surface area contributed by atoms with E-state index in [2.05, 4.69) is 4.98 Å². The maximum atomic E-state index is 5.46. The molecule has 0 saturated heterocycles. The number of aromatic nitrogens is 1. The van der Waals surface area contributed by atoms with Gasteiger partial charge in [-0.3, -0.25) is 4.98 Å². The highest BCUT2D eigenvalue weighted by Crippen LogP contribution is 2.02. The predicted molar refractivity (Wildman–Crippen MR) is 50.0 cm³/mol. The van der Waals surface area contributed by atoms with Gasteiger partial charge in [0.05, 0.1) is 16.7 Å². The highest BCUT2D eigenvalue weighted by Gasteiger charge is 1.86. The Kier molecular flexibility index (Phi) is 5.99. The Bertz CT molecular complexity index is 182. The maximum absolute atomic E-state index is 5.46. The second-order valence-corrected chi connectivity index (χ2v) is 2.59. The minimum absolute atomic E-state index is 0.194. The lowest BCUT2D eigenvalue weighted by Gasteiger charge is -1.92. The number of pyridine rings is 1. The smallest absolute Gasteiger partial charge is 0.0967 e. The molecule has 1 rings (SSSR count). The van der Waals surface area contributed by atoms with Gasteiger partial charge in [-0.05, 0) is 19.1 Å². The molecule has 4 heteroatoms. The van der Waals surface area contributed by atoms with E-state index in [1.54, 1.807) is 6.20 Å². The molecule has 0 aromatic carbocycles. The van der Waals surface area contributed by atoms with Gasteiger partial charge in [0.25, 0.3) is 0 Å². The van der Waals surface area contributed by atoms with Gasteiger partial charge >= 0.3 is 0 Å². The zero-order chi connectivity index (χ0) is 8.69. The third kappa shape index (κ3) is 4.87. The van der Waals surface area contributed by atoms with E-state index in [4.69, 9.17) is 28.9 Å². The van der Waals surface area contributed by atoms with Crippen LogP contribution in [0.4, 0.5) is 5.69 Å². The summed E-state index contributed by atoms with van der Waals surface area (Å²) in [4.78, 5) is 3.95. The van der Waals surface area contributed by atoms with Crippen molar-refractivity contribution in [2.75, 3.05) is 11.1 Å². The summed E-state index contributed by atoms with van der Waals surface area (Å²) in [7, 11) is 0. The first kappa shape index (κ1) is 10.5. The Morgan fingerprint density at radius 2 is 2.09 bits per heavy atom. The molecule has 0 atom stereocenters. The van der Waals surface area contributed by atoms with Gasteiger partial charge in [-0.1, -0.05) is 0 Å². The van der Waals surface area contributed by atoms with E-state index in [0.717, 1.165) is 11.4 Å². The number of rotatable bonds is 0. The monoisotopic (exact) mass is 192 g/mol. The Balaban J connectivity index is 0.000000292. The second-order valence-electron chi connectivity index (χ2n) is 1.78. The van der Waals surface area contributed by atoms with Crippen molar-refractivity contribution in [1.82, 2.24) is 4.98 Å². The molecular formula is C7H10Cl2N2. The SMILES string of the molecule is Cc1ncccc1N.ClCCl. The lowest BCUT2D eigenvalue weighted by Crippen LogP contribution is -1.89. The van der Waals surface area contributed by atoms with Crippen LogP contribution >= 0.6 is 23.2 Å². The zero-order valence-corrected chi connectivity index (χ0v) is 7.73. The third-order valence-corrected chi connectivity index (χ3v) is 1.05. The van der Waals surface area contributed by atoms with Crippen LogP contribution in [0.5, 0.6) is 0 Å². The van der Waals surface area contributed by atoms with Crippen LogP contribution in [0.3, 0.4) is 0 Å². The van der Waals surface area contributed by atoms with E-state index < -0.39 is 0 Å². The molecule has 0 aliphatic carbocycles. The van der Waals surface area contributed by atoms with E-state index in [9.17, 15) is 0 Å². The minimum Gasteiger partial charge on any atom is -0.397 e. The molecule has 0 bridgehead atoms. The summed E-state index contributed by atoms with van der Waals surface area (Å²) < 4.78 is 0. The molecular weight excluding hydrogens is 183 g/mol. The Labute approximate surface area is 76.3 Å². The number of anilines is 1. The fourth-order valence-electron chi connectivity index (χ4n) is 0.497. The van der Waals surface area contributed by atoms with Crippen molar-refractivity contribution in [3.05, 3.63) is 24.0 Å². The van der Waals surface area contributed by atoms with E-state index in [-0.39, 0.29) is 5.34 Å². The molecule has 0 saturated carbocycles. The van der Waals surface area contributed by atoms with Gasteiger partial charge in [0.2, 0.25) is 0 Å².